The zero-order chi connectivity index (χ0) is 13.8. The van der Waals surface area contributed by atoms with Gasteiger partial charge in [0.05, 0.1) is 16.4 Å². The Kier molecular flexibility index (Phi) is 4.09. The van der Waals surface area contributed by atoms with Crippen LogP contribution in [0, 0.1) is 0 Å². The minimum atomic E-state index is 0.429. The maximum atomic E-state index is 5.93. The van der Waals surface area contributed by atoms with Gasteiger partial charge in [-0.1, -0.05) is 17.7 Å². The molecular weight excluding hydrogens is 280 g/mol. The smallest absolute Gasteiger partial charge is 0.175 e. The molecule has 0 aromatic heterocycles. The second kappa shape index (κ2) is 5.77. The minimum Gasteiger partial charge on any atom is -0.399 e. The maximum absolute atomic E-state index is 5.93. The van der Waals surface area contributed by atoms with E-state index in [4.69, 9.17) is 35.3 Å². The van der Waals surface area contributed by atoms with E-state index in [9.17, 15) is 0 Å². The van der Waals surface area contributed by atoms with Gasteiger partial charge in [0.1, 0.15) is 0 Å². The third-order valence-corrected chi connectivity index (χ3v) is 3.00. The number of hydrogen-bond donors (Lipinski definition) is 4. The number of nitrogens with one attached hydrogen (secondary N) is 2. The third-order valence-electron chi connectivity index (χ3n) is 2.47. The fourth-order valence-electron chi connectivity index (χ4n) is 1.50. The fraction of sp³-hybridized carbons (Fsp3) is 0. The molecule has 2 aromatic carbocycles. The first-order chi connectivity index (χ1) is 9.06. The monoisotopic (exact) mass is 292 g/mol. The molecule has 4 nitrogen and oxygen atoms in total. The van der Waals surface area contributed by atoms with Crippen LogP contribution < -0.4 is 22.1 Å². The van der Waals surface area contributed by atoms with E-state index in [1.807, 2.05) is 12.1 Å². The molecule has 0 aliphatic heterocycles. The van der Waals surface area contributed by atoms with Crippen molar-refractivity contribution in [3.63, 3.8) is 0 Å². The van der Waals surface area contributed by atoms with E-state index in [0.29, 0.717) is 27.2 Å². The summed E-state index contributed by atoms with van der Waals surface area (Å²) < 4.78 is 0. The van der Waals surface area contributed by atoms with Gasteiger partial charge in [0.25, 0.3) is 0 Å². The fourth-order valence-corrected chi connectivity index (χ4v) is 1.90. The van der Waals surface area contributed by atoms with Crippen molar-refractivity contribution in [2.45, 2.75) is 0 Å². The van der Waals surface area contributed by atoms with Gasteiger partial charge in [0, 0.05) is 11.4 Å². The Morgan fingerprint density at radius 2 is 1.68 bits per heavy atom. The first-order valence-electron chi connectivity index (χ1n) is 5.54. The third kappa shape index (κ3) is 3.49. The van der Waals surface area contributed by atoms with Gasteiger partial charge in [-0.15, -0.1) is 0 Å². The molecule has 2 aromatic rings. The lowest BCUT2D eigenvalue weighted by Gasteiger charge is -2.13. The van der Waals surface area contributed by atoms with Gasteiger partial charge >= 0.3 is 0 Å². The molecule has 0 atom stereocenters. The molecule has 0 aliphatic rings. The highest BCUT2D eigenvalue weighted by atomic mass is 35.5. The highest BCUT2D eigenvalue weighted by Crippen LogP contribution is 2.26. The number of para-hydroxylation sites is 1. The largest absolute Gasteiger partial charge is 0.399 e. The van der Waals surface area contributed by atoms with Crippen LogP contribution in [0.4, 0.5) is 22.7 Å². The molecule has 98 valence electrons. The molecule has 0 spiro atoms. The minimum absolute atomic E-state index is 0.429. The van der Waals surface area contributed by atoms with Crippen LogP contribution in [0.15, 0.2) is 42.5 Å². The van der Waals surface area contributed by atoms with Gasteiger partial charge in [0.15, 0.2) is 5.11 Å². The van der Waals surface area contributed by atoms with Crippen LogP contribution in [0.5, 0.6) is 0 Å². The number of thiocarbonyl (C=S) groups is 1. The van der Waals surface area contributed by atoms with E-state index in [2.05, 4.69) is 10.6 Å². The Labute approximate surface area is 121 Å². The predicted molar refractivity (Wildman–Crippen MR) is 86.6 cm³/mol. The van der Waals surface area contributed by atoms with Crippen LogP contribution in [-0.4, -0.2) is 5.11 Å². The van der Waals surface area contributed by atoms with E-state index >= 15 is 0 Å². The van der Waals surface area contributed by atoms with Crippen LogP contribution in [0.25, 0.3) is 0 Å². The van der Waals surface area contributed by atoms with Crippen molar-refractivity contribution in [2.75, 3.05) is 22.1 Å². The molecule has 6 N–H and O–H groups in total. The van der Waals surface area contributed by atoms with Crippen LogP contribution >= 0.6 is 23.8 Å². The van der Waals surface area contributed by atoms with E-state index in [1.54, 1.807) is 30.3 Å². The molecule has 0 saturated heterocycles. The van der Waals surface area contributed by atoms with Crippen molar-refractivity contribution in [3.8, 4) is 0 Å². The van der Waals surface area contributed by atoms with Gasteiger partial charge in [0.2, 0.25) is 0 Å². The van der Waals surface area contributed by atoms with Crippen LogP contribution in [-0.2, 0) is 0 Å². The highest BCUT2D eigenvalue weighted by Gasteiger charge is 2.04. The summed E-state index contributed by atoms with van der Waals surface area (Å²) in [6.07, 6.45) is 0. The van der Waals surface area contributed by atoms with E-state index in [1.165, 1.54) is 0 Å². The van der Waals surface area contributed by atoms with E-state index < -0.39 is 0 Å². The SMILES string of the molecule is Nc1ccc(NC(=S)Nc2cccc(Cl)c2N)cc1. The Bertz CT molecular complexity index is 598. The van der Waals surface area contributed by atoms with Gasteiger partial charge in [-0.05, 0) is 48.6 Å². The predicted octanol–water partition coefficient (Wildman–Crippen LogP) is 3.31. The molecule has 0 amide bonds. The summed E-state index contributed by atoms with van der Waals surface area (Å²) in [4.78, 5) is 0. The molecule has 0 unspecified atom stereocenters. The first kappa shape index (κ1) is 13.5. The zero-order valence-corrected chi connectivity index (χ0v) is 11.6. The van der Waals surface area contributed by atoms with Crippen LogP contribution in [0.1, 0.15) is 0 Å². The lowest BCUT2D eigenvalue weighted by Crippen LogP contribution is -2.19. The number of nitrogens with two attached hydrogens (primary N) is 2. The summed E-state index contributed by atoms with van der Waals surface area (Å²) in [6, 6.07) is 12.6. The van der Waals surface area contributed by atoms with Gasteiger partial charge in [-0.25, -0.2) is 0 Å². The van der Waals surface area contributed by atoms with E-state index in [0.717, 1.165) is 5.69 Å². The molecule has 0 radical (unpaired) electrons. The van der Waals surface area contributed by atoms with Gasteiger partial charge in [-0.3, -0.25) is 0 Å². The standard InChI is InChI=1S/C13H13ClN4S/c14-10-2-1-3-11(12(10)16)18-13(19)17-9-6-4-8(15)5-7-9/h1-7H,15-16H2,(H2,17,18,19). The molecule has 6 heteroatoms. The lowest BCUT2D eigenvalue weighted by atomic mass is 10.2. The number of rotatable bonds is 2. The summed E-state index contributed by atoms with van der Waals surface area (Å²) in [5, 5.41) is 6.94. The lowest BCUT2D eigenvalue weighted by molar-refractivity contribution is 1.59. The van der Waals surface area contributed by atoms with Crippen molar-refractivity contribution in [1.82, 2.24) is 0 Å². The Morgan fingerprint density at radius 3 is 2.37 bits per heavy atom. The number of hydrogen-bond acceptors (Lipinski definition) is 3. The summed E-state index contributed by atoms with van der Waals surface area (Å²) in [5.41, 5.74) is 14.1. The van der Waals surface area contributed by atoms with Crippen molar-refractivity contribution < 1.29 is 0 Å². The summed E-state index contributed by atoms with van der Waals surface area (Å²) >= 11 is 11.1. The molecule has 0 saturated carbocycles. The number of nitrogen functional groups attached to an aromatic ring is 2. The molecule has 0 bridgehead atoms. The Morgan fingerprint density at radius 1 is 1.00 bits per heavy atom. The second-order valence-electron chi connectivity index (χ2n) is 3.90. The van der Waals surface area contributed by atoms with Crippen LogP contribution in [0.3, 0.4) is 0 Å². The maximum Gasteiger partial charge on any atom is 0.175 e. The topological polar surface area (TPSA) is 76.1 Å². The number of benzene rings is 2. The van der Waals surface area contributed by atoms with E-state index in [-0.39, 0.29) is 0 Å². The summed E-state index contributed by atoms with van der Waals surface area (Å²) in [5.74, 6) is 0. The molecule has 0 fully saturated rings. The Hall–Kier alpha value is -1.98. The number of halogens is 1. The summed E-state index contributed by atoms with van der Waals surface area (Å²) in [6.45, 7) is 0. The first-order valence-corrected chi connectivity index (χ1v) is 6.32. The normalized spacial score (nSPS) is 9.95. The summed E-state index contributed by atoms with van der Waals surface area (Å²) in [7, 11) is 0. The average molecular weight is 293 g/mol. The number of anilines is 4. The van der Waals surface area contributed by atoms with Crippen LogP contribution in [0.2, 0.25) is 5.02 Å². The molecule has 2 rings (SSSR count). The molecule has 19 heavy (non-hydrogen) atoms. The zero-order valence-electron chi connectivity index (χ0n) is 9.98. The molecule has 0 aliphatic carbocycles. The van der Waals surface area contributed by atoms with Gasteiger partial charge < -0.3 is 22.1 Å². The molecular formula is C13H13ClN4S. The second-order valence-corrected chi connectivity index (χ2v) is 4.72. The van der Waals surface area contributed by atoms with Gasteiger partial charge in [-0.2, -0.15) is 0 Å². The van der Waals surface area contributed by atoms with Crippen molar-refractivity contribution >= 4 is 51.7 Å². The van der Waals surface area contributed by atoms with Crippen molar-refractivity contribution in [1.29, 1.82) is 0 Å². The van der Waals surface area contributed by atoms with Crippen molar-refractivity contribution in [2.24, 2.45) is 0 Å². The highest BCUT2D eigenvalue weighted by molar-refractivity contribution is 7.80. The quantitative estimate of drug-likeness (QED) is 0.505. The Balaban J connectivity index is 2.05. The van der Waals surface area contributed by atoms with Crippen molar-refractivity contribution in [3.05, 3.63) is 47.5 Å². The molecule has 0 heterocycles. The average Bonchev–Trinajstić information content (AvgIpc) is 2.38.